The molecule has 1 saturated carbocycles. The fraction of sp³-hybridized carbons (Fsp3) is 0.737. The second-order valence-corrected chi connectivity index (χ2v) is 7.89. The molecule has 0 amide bonds. The van der Waals surface area contributed by atoms with Crippen LogP contribution >= 0.6 is 0 Å². The molecule has 4 saturated heterocycles. The first-order valence-electron chi connectivity index (χ1n) is 8.50. The average molecular weight is 330 g/mol. The van der Waals surface area contributed by atoms with Crippen LogP contribution in [-0.2, 0) is 19.0 Å². The zero-order chi connectivity index (χ0) is 17.2. The summed E-state index contributed by atoms with van der Waals surface area (Å²) in [5.74, 6) is 10.4. The third-order valence-electron chi connectivity index (χ3n) is 6.16. The van der Waals surface area contributed by atoms with Crippen molar-refractivity contribution in [2.24, 2.45) is 17.3 Å². The van der Waals surface area contributed by atoms with Crippen LogP contribution in [0.3, 0.4) is 0 Å². The summed E-state index contributed by atoms with van der Waals surface area (Å²) in [6.45, 7) is 6.25. The molecule has 4 unspecified atom stereocenters. The average Bonchev–Trinajstić information content (AvgIpc) is 3.04. The van der Waals surface area contributed by atoms with Gasteiger partial charge in [0.15, 0.2) is 5.60 Å². The Hall–Kier alpha value is -1.53. The van der Waals surface area contributed by atoms with E-state index >= 15 is 0 Å². The van der Waals surface area contributed by atoms with Gasteiger partial charge in [-0.15, -0.1) is 0 Å². The van der Waals surface area contributed by atoms with Crippen LogP contribution in [0.5, 0.6) is 0 Å². The van der Waals surface area contributed by atoms with Crippen LogP contribution in [0.15, 0.2) is 0 Å². The second-order valence-electron chi connectivity index (χ2n) is 7.89. The molecule has 5 rings (SSSR count). The quantitative estimate of drug-likeness (QED) is 0.631. The lowest BCUT2D eigenvalue weighted by Crippen LogP contribution is -2.55. The molecule has 5 aliphatic rings. The summed E-state index contributed by atoms with van der Waals surface area (Å²) >= 11 is 0. The summed E-state index contributed by atoms with van der Waals surface area (Å²) in [6, 6.07) is 0. The number of carbonyl (C=O) groups is 1. The maximum Gasteiger partial charge on any atom is 0.303 e. The van der Waals surface area contributed by atoms with Crippen LogP contribution in [0.2, 0.25) is 0 Å². The molecule has 24 heavy (non-hydrogen) atoms. The van der Waals surface area contributed by atoms with Crippen LogP contribution in [0.4, 0.5) is 0 Å². The molecule has 0 aromatic heterocycles. The number of carboxylic acid groups (broad SMARTS) is 1. The summed E-state index contributed by atoms with van der Waals surface area (Å²) in [4.78, 5) is 11.1. The van der Waals surface area contributed by atoms with Crippen LogP contribution in [0.1, 0.15) is 40.0 Å². The molecule has 2 spiro atoms. The Bertz CT molecular complexity index is 695. The first-order chi connectivity index (χ1) is 11.4. The zero-order valence-corrected chi connectivity index (χ0v) is 14.2. The molecule has 0 radical (unpaired) electrons. The molecule has 5 fully saturated rings. The van der Waals surface area contributed by atoms with E-state index in [0.717, 1.165) is 12.8 Å². The van der Waals surface area contributed by atoms with E-state index < -0.39 is 17.4 Å². The number of rotatable bonds is 3. The Morgan fingerprint density at radius 2 is 2.12 bits per heavy atom. The summed E-state index contributed by atoms with van der Waals surface area (Å²) in [5, 5.41) is 9.11. The Morgan fingerprint density at radius 1 is 1.33 bits per heavy atom. The van der Waals surface area contributed by atoms with E-state index in [2.05, 4.69) is 23.7 Å². The molecule has 128 valence electrons. The van der Waals surface area contributed by atoms with Gasteiger partial charge in [-0.25, -0.2) is 0 Å². The van der Waals surface area contributed by atoms with Crippen molar-refractivity contribution in [1.82, 2.24) is 0 Å². The molecular formula is C19H22O5. The lowest BCUT2D eigenvalue weighted by molar-refractivity contribution is -0.273. The van der Waals surface area contributed by atoms with Gasteiger partial charge >= 0.3 is 5.97 Å². The molecule has 6 atom stereocenters. The number of epoxide rings is 1. The molecular weight excluding hydrogens is 308 g/mol. The van der Waals surface area contributed by atoms with Gasteiger partial charge in [0.25, 0.3) is 0 Å². The van der Waals surface area contributed by atoms with Gasteiger partial charge in [0.2, 0.25) is 5.79 Å². The second kappa shape index (κ2) is 4.99. The van der Waals surface area contributed by atoms with Crippen molar-refractivity contribution in [3.8, 4) is 23.7 Å². The van der Waals surface area contributed by atoms with Crippen LogP contribution < -0.4 is 0 Å². The Morgan fingerprint density at radius 3 is 2.71 bits per heavy atom. The van der Waals surface area contributed by atoms with Gasteiger partial charge in [0, 0.05) is 6.42 Å². The molecule has 2 bridgehead atoms. The van der Waals surface area contributed by atoms with Gasteiger partial charge in [-0.3, -0.25) is 4.79 Å². The SMILES string of the molecule is CC#CC#CC1C2O[C@]3(CCC(C(C)(C)CC(=O)O)CO3)C13O[C@@H]23. The topological polar surface area (TPSA) is 68.3 Å². The van der Waals surface area contributed by atoms with Gasteiger partial charge < -0.3 is 19.3 Å². The van der Waals surface area contributed by atoms with Gasteiger partial charge in [0.05, 0.1) is 18.9 Å². The van der Waals surface area contributed by atoms with Crippen molar-refractivity contribution in [2.45, 2.75) is 63.6 Å². The van der Waals surface area contributed by atoms with E-state index in [-0.39, 0.29) is 35.9 Å². The number of hydrogen-bond donors (Lipinski definition) is 1. The predicted molar refractivity (Wildman–Crippen MR) is 84.6 cm³/mol. The monoisotopic (exact) mass is 330 g/mol. The normalized spacial score (nSPS) is 44.5. The first-order valence-corrected chi connectivity index (χ1v) is 8.50. The van der Waals surface area contributed by atoms with Crippen molar-refractivity contribution in [1.29, 1.82) is 0 Å². The lowest BCUT2D eigenvalue weighted by Gasteiger charge is -2.43. The largest absolute Gasteiger partial charge is 0.481 e. The minimum absolute atomic E-state index is 0.0141. The summed E-state index contributed by atoms with van der Waals surface area (Å²) in [5.41, 5.74) is -0.714. The summed E-state index contributed by atoms with van der Waals surface area (Å²) in [7, 11) is 0. The summed E-state index contributed by atoms with van der Waals surface area (Å²) in [6.07, 6.45) is 1.84. The maximum absolute atomic E-state index is 11.1. The number of hydrogen-bond acceptors (Lipinski definition) is 4. The van der Waals surface area contributed by atoms with Crippen LogP contribution in [-0.4, -0.2) is 41.3 Å². The highest BCUT2D eigenvalue weighted by molar-refractivity contribution is 5.67. The zero-order valence-electron chi connectivity index (χ0n) is 14.2. The van der Waals surface area contributed by atoms with Gasteiger partial charge in [-0.05, 0) is 36.5 Å². The van der Waals surface area contributed by atoms with Crippen LogP contribution in [0, 0.1) is 40.9 Å². The molecule has 4 heterocycles. The van der Waals surface area contributed by atoms with Gasteiger partial charge in [-0.2, -0.15) is 0 Å². The maximum atomic E-state index is 11.1. The lowest BCUT2D eigenvalue weighted by atomic mass is 9.67. The molecule has 5 nitrogen and oxygen atoms in total. The minimum Gasteiger partial charge on any atom is -0.481 e. The third kappa shape index (κ3) is 1.93. The van der Waals surface area contributed by atoms with E-state index in [1.165, 1.54) is 0 Å². The molecule has 0 aromatic rings. The minimum atomic E-state index is -0.767. The van der Waals surface area contributed by atoms with E-state index in [1.807, 2.05) is 13.8 Å². The molecule has 1 N–H and O–H groups in total. The van der Waals surface area contributed by atoms with Crippen molar-refractivity contribution < 1.29 is 24.1 Å². The fourth-order valence-corrected chi connectivity index (χ4v) is 4.70. The Labute approximate surface area is 142 Å². The van der Waals surface area contributed by atoms with Crippen molar-refractivity contribution in [2.75, 3.05) is 6.61 Å². The molecule has 5 heteroatoms. The van der Waals surface area contributed by atoms with Crippen LogP contribution in [0.25, 0.3) is 0 Å². The van der Waals surface area contributed by atoms with Crippen molar-refractivity contribution in [3.63, 3.8) is 0 Å². The number of aliphatic carboxylic acids is 1. The highest BCUT2D eigenvalue weighted by Gasteiger charge is 2.93. The number of carboxylic acids is 1. The Kier molecular flexibility index (Phi) is 3.32. The van der Waals surface area contributed by atoms with E-state index in [4.69, 9.17) is 19.3 Å². The fourth-order valence-electron chi connectivity index (χ4n) is 4.70. The van der Waals surface area contributed by atoms with E-state index in [0.29, 0.717) is 6.61 Å². The number of ether oxygens (including phenoxy) is 3. The first kappa shape index (κ1) is 16.0. The highest BCUT2D eigenvalue weighted by atomic mass is 16.8. The third-order valence-corrected chi connectivity index (χ3v) is 6.16. The highest BCUT2D eigenvalue weighted by Crippen LogP contribution is 2.74. The van der Waals surface area contributed by atoms with E-state index in [1.54, 1.807) is 6.92 Å². The standard InChI is InChI=1S/C19H22O5/c1-4-5-6-7-13-15-16-19(13,24-16)18(23-15)9-8-12(11-22-18)17(2,3)10-14(20)21/h12-13,15-16H,8-11H2,1-3H3,(H,20,21)/t12?,13?,15?,16-,18+,19?/m0/s1. The smallest absolute Gasteiger partial charge is 0.303 e. The molecule has 1 aliphatic carbocycles. The van der Waals surface area contributed by atoms with Gasteiger partial charge in [-0.1, -0.05) is 25.7 Å². The summed E-state index contributed by atoms with van der Waals surface area (Å²) < 4.78 is 18.3. The van der Waals surface area contributed by atoms with Crippen molar-refractivity contribution in [3.05, 3.63) is 0 Å². The molecule has 4 aliphatic heterocycles. The van der Waals surface area contributed by atoms with Gasteiger partial charge in [0.1, 0.15) is 12.2 Å². The van der Waals surface area contributed by atoms with E-state index in [9.17, 15) is 4.79 Å². The van der Waals surface area contributed by atoms with Crippen molar-refractivity contribution >= 4 is 5.97 Å². The predicted octanol–water partition coefficient (Wildman–Crippen LogP) is 1.80. The molecule has 0 aromatic carbocycles. The Balaban J connectivity index is 1.46.